The van der Waals surface area contributed by atoms with Gasteiger partial charge in [-0.05, 0) is 59.0 Å². The number of para-hydroxylation sites is 1. The van der Waals surface area contributed by atoms with Crippen molar-refractivity contribution in [1.29, 1.82) is 0 Å². The van der Waals surface area contributed by atoms with Crippen LogP contribution in [0.25, 0.3) is 0 Å². The van der Waals surface area contributed by atoms with E-state index >= 15 is 0 Å². The van der Waals surface area contributed by atoms with E-state index < -0.39 is 18.1 Å². The van der Waals surface area contributed by atoms with Gasteiger partial charge in [0.25, 0.3) is 5.91 Å². The highest BCUT2D eigenvalue weighted by molar-refractivity contribution is 9.11. The third-order valence-electron chi connectivity index (χ3n) is 4.30. The van der Waals surface area contributed by atoms with Crippen LogP contribution in [-0.4, -0.2) is 22.3 Å². The molecule has 0 aliphatic heterocycles. The molecule has 0 aliphatic rings. The molecule has 30 heavy (non-hydrogen) atoms. The van der Waals surface area contributed by atoms with E-state index in [4.69, 9.17) is 9.94 Å². The van der Waals surface area contributed by atoms with Crippen molar-refractivity contribution in [2.45, 2.75) is 25.9 Å². The highest BCUT2D eigenvalue weighted by Crippen LogP contribution is 2.40. The molecule has 7 nitrogen and oxygen atoms in total. The highest BCUT2D eigenvalue weighted by atomic mass is 79.9. The normalized spacial score (nSPS) is 12.9. The molecule has 9 heteroatoms. The van der Waals surface area contributed by atoms with Crippen LogP contribution in [-0.2, 0) is 9.53 Å². The quantitative estimate of drug-likeness (QED) is 0.195. The number of hydrogen-bond acceptors (Lipinski definition) is 5. The fourth-order valence-electron chi connectivity index (χ4n) is 2.81. The first kappa shape index (κ1) is 23.9. The molecule has 2 aromatic rings. The molecule has 2 atom stereocenters. The van der Waals surface area contributed by atoms with E-state index in [9.17, 15) is 14.7 Å². The zero-order chi connectivity index (χ0) is 22.1. The minimum Gasteiger partial charge on any atom is -0.506 e. The number of aromatic hydroxyl groups is 1. The topological polar surface area (TPSA) is 108 Å². The first-order valence-electron chi connectivity index (χ1n) is 9.13. The number of carbonyl (C=O) groups excluding carboxylic acids is 2. The second kappa shape index (κ2) is 11.7. The molecule has 2 amide bonds. The minimum atomic E-state index is -0.748. The van der Waals surface area contributed by atoms with Gasteiger partial charge in [-0.1, -0.05) is 47.1 Å². The van der Waals surface area contributed by atoms with Gasteiger partial charge in [-0.3, -0.25) is 15.3 Å². The number of nitrogens with one attached hydrogen (secondary N) is 2. The van der Waals surface area contributed by atoms with Crippen molar-refractivity contribution in [2.24, 2.45) is 5.92 Å². The molecule has 0 saturated carbocycles. The van der Waals surface area contributed by atoms with E-state index in [-0.39, 0.29) is 11.7 Å². The molecular formula is C21H22Br2N2O5. The third kappa shape index (κ3) is 7.16. The summed E-state index contributed by atoms with van der Waals surface area (Å²) in [6.45, 7) is 1.88. The van der Waals surface area contributed by atoms with Gasteiger partial charge in [-0.25, -0.2) is 10.3 Å². The van der Waals surface area contributed by atoms with E-state index in [0.717, 1.165) is 0 Å². The average Bonchev–Trinajstić information content (AvgIpc) is 2.72. The molecule has 0 radical (unpaired) electrons. The van der Waals surface area contributed by atoms with Crippen molar-refractivity contribution in [3.05, 3.63) is 69.1 Å². The Hall–Kier alpha value is -2.36. The number of carbonyl (C=O) groups is 2. The summed E-state index contributed by atoms with van der Waals surface area (Å²) in [5, 5.41) is 21.8. The van der Waals surface area contributed by atoms with Gasteiger partial charge in [-0.15, -0.1) is 0 Å². The van der Waals surface area contributed by atoms with Gasteiger partial charge in [0, 0.05) is 21.8 Å². The van der Waals surface area contributed by atoms with E-state index in [0.29, 0.717) is 33.0 Å². The predicted molar refractivity (Wildman–Crippen MR) is 120 cm³/mol. The van der Waals surface area contributed by atoms with Gasteiger partial charge in [-0.2, -0.15) is 0 Å². The fourth-order valence-corrected chi connectivity index (χ4v) is 4.07. The Balaban J connectivity index is 2.20. The first-order chi connectivity index (χ1) is 14.3. The van der Waals surface area contributed by atoms with Crippen molar-refractivity contribution in [2.75, 3.05) is 5.32 Å². The van der Waals surface area contributed by atoms with Crippen molar-refractivity contribution in [3.63, 3.8) is 0 Å². The molecule has 0 spiro atoms. The van der Waals surface area contributed by atoms with Crippen LogP contribution in [0.1, 0.15) is 31.4 Å². The van der Waals surface area contributed by atoms with Gasteiger partial charge in [0.1, 0.15) is 11.9 Å². The van der Waals surface area contributed by atoms with Gasteiger partial charge >= 0.3 is 6.09 Å². The number of benzene rings is 2. The Bertz CT molecular complexity index is 906. The number of amides is 2. The molecule has 2 aromatic carbocycles. The van der Waals surface area contributed by atoms with E-state index in [1.807, 2.05) is 13.0 Å². The second-order valence-electron chi connectivity index (χ2n) is 6.58. The van der Waals surface area contributed by atoms with Crippen molar-refractivity contribution < 1.29 is 24.6 Å². The Morgan fingerprint density at radius 1 is 1.20 bits per heavy atom. The standard InChI is InChI=1S/C21H22Br2N2O5/c1-13(7-5-6-10-18(26)25-29)20(16-11-14(22)12-17(23)19(16)27)30-21(28)24-15-8-3-2-4-9-15/h2-4,6,8-13,20,27,29H,5,7H2,1H3,(H,24,28)(H,25,26)/b10-6+/t13-,20+/m0/s1. The first-order valence-corrected chi connectivity index (χ1v) is 10.7. The lowest BCUT2D eigenvalue weighted by atomic mass is 9.92. The minimum absolute atomic E-state index is 0.0160. The Labute approximate surface area is 191 Å². The van der Waals surface area contributed by atoms with Crippen LogP contribution in [0.15, 0.2) is 63.6 Å². The maximum absolute atomic E-state index is 12.5. The zero-order valence-corrected chi connectivity index (χ0v) is 19.3. The monoisotopic (exact) mass is 540 g/mol. The van der Waals surface area contributed by atoms with Gasteiger partial charge < -0.3 is 9.84 Å². The SMILES string of the molecule is C[C@@H](CC/C=C/C(=O)NO)[C@@H](OC(=O)Nc1ccccc1)c1cc(Br)cc(Br)c1O. The number of phenols is 1. The summed E-state index contributed by atoms with van der Waals surface area (Å²) in [5.41, 5.74) is 2.56. The summed E-state index contributed by atoms with van der Waals surface area (Å²) in [5.74, 6) is -0.829. The third-order valence-corrected chi connectivity index (χ3v) is 5.37. The number of rotatable bonds is 8. The van der Waals surface area contributed by atoms with Crippen LogP contribution in [0.4, 0.5) is 10.5 Å². The molecule has 0 aromatic heterocycles. The van der Waals surface area contributed by atoms with Crippen LogP contribution in [0.5, 0.6) is 5.75 Å². The molecule has 0 heterocycles. The van der Waals surface area contributed by atoms with Gasteiger partial charge in [0.05, 0.1) is 4.47 Å². The lowest BCUT2D eigenvalue weighted by Crippen LogP contribution is -2.22. The number of anilines is 1. The van der Waals surface area contributed by atoms with Crippen molar-refractivity contribution >= 4 is 49.5 Å². The van der Waals surface area contributed by atoms with Crippen molar-refractivity contribution in [1.82, 2.24) is 5.48 Å². The molecule has 4 N–H and O–H groups in total. The highest BCUT2D eigenvalue weighted by Gasteiger charge is 2.27. The van der Waals surface area contributed by atoms with Crippen molar-refractivity contribution in [3.8, 4) is 5.75 Å². The number of hydrogen-bond donors (Lipinski definition) is 4. The molecule has 0 fully saturated rings. The predicted octanol–water partition coefficient (Wildman–Crippen LogP) is 5.68. The molecular weight excluding hydrogens is 520 g/mol. The number of halogens is 2. The number of hydroxylamine groups is 1. The molecule has 2 rings (SSSR count). The summed E-state index contributed by atoms with van der Waals surface area (Å²) in [6, 6.07) is 12.3. The van der Waals surface area contributed by atoms with E-state index in [1.165, 1.54) is 11.6 Å². The molecule has 0 bridgehead atoms. The number of ether oxygens (including phenoxy) is 1. The lowest BCUT2D eigenvalue weighted by Gasteiger charge is -2.26. The number of allylic oxidation sites excluding steroid dienone is 1. The molecule has 0 unspecified atom stereocenters. The van der Waals surface area contributed by atoms with Crippen LogP contribution in [0, 0.1) is 5.92 Å². The van der Waals surface area contributed by atoms with E-state index in [1.54, 1.807) is 42.5 Å². The zero-order valence-electron chi connectivity index (χ0n) is 16.1. The van der Waals surface area contributed by atoms with Crippen LogP contribution in [0.3, 0.4) is 0 Å². The smallest absolute Gasteiger partial charge is 0.412 e. The summed E-state index contributed by atoms with van der Waals surface area (Å²) in [6.07, 6.45) is 2.50. The average molecular weight is 542 g/mol. The summed E-state index contributed by atoms with van der Waals surface area (Å²) in [4.78, 5) is 23.6. The molecule has 0 aliphatic carbocycles. The van der Waals surface area contributed by atoms with E-state index in [2.05, 4.69) is 37.2 Å². The van der Waals surface area contributed by atoms with Crippen LogP contribution in [0.2, 0.25) is 0 Å². The lowest BCUT2D eigenvalue weighted by molar-refractivity contribution is -0.124. The largest absolute Gasteiger partial charge is 0.506 e. The maximum Gasteiger partial charge on any atom is 0.412 e. The van der Waals surface area contributed by atoms with Gasteiger partial charge in [0.2, 0.25) is 0 Å². The molecule has 0 saturated heterocycles. The van der Waals surface area contributed by atoms with Gasteiger partial charge in [0.15, 0.2) is 0 Å². The van der Waals surface area contributed by atoms with Crippen LogP contribution < -0.4 is 10.8 Å². The summed E-state index contributed by atoms with van der Waals surface area (Å²) in [7, 11) is 0. The second-order valence-corrected chi connectivity index (χ2v) is 8.35. The Morgan fingerprint density at radius 3 is 2.57 bits per heavy atom. The number of phenolic OH excluding ortho intramolecular Hbond substituents is 1. The summed E-state index contributed by atoms with van der Waals surface area (Å²) < 4.78 is 6.88. The maximum atomic E-state index is 12.5. The molecule has 160 valence electrons. The van der Waals surface area contributed by atoms with Crippen LogP contribution >= 0.6 is 31.9 Å². The Kier molecular flexibility index (Phi) is 9.35. The Morgan fingerprint density at radius 2 is 1.90 bits per heavy atom. The fraction of sp³-hybridized carbons (Fsp3) is 0.238. The summed E-state index contributed by atoms with van der Waals surface area (Å²) >= 11 is 6.70.